The van der Waals surface area contributed by atoms with Crippen molar-refractivity contribution < 1.29 is 9.53 Å². The second-order valence-electron chi connectivity index (χ2n) is 3.17. The second-order valence-corrected chi connectivity index (χ2v) is 4.37. The van der Waals surface area contributed by atoms with Crippen LogP contribution in [0, 0.1) is 6.92 Å². The smallest absolute Gasteiger partial charge is 0.357 e. The number of hydrogen-bond donors (Lipinski definition) is 1. The molecule has 0 saturated heterocycles. The van der Waals surface area contributed by atoms with Gasteiger partial charge < -0.3 is 10.1 Å². The molecule has 0 unspecified atom stereocenters. The number of thiazole rings is 1. The molecule has 0 fully saturated rings. The lowest BCUT2D eigenvalue weighted by atomic mass is 10.4. The van der Waals surface area contributed by atoms with Crippen molar-refractivity contribution in [3.8, 4) is 0 Å². The van der Waals surface area contributed by atoms with E-state index in [1.807, 2.05) is 6.92 Å². The van der Waals surface area contributed by atoms with Crippen LogP contribution in [-0.4, -0.2) is 28.0 Å². The van der Waals surface area contributed by atoms with Gasteiger partial charge in [-0.25, -0.2) is 19.7 Å². The Bertz CT molecular complexity index is 526. The molecule has 0 amide bonds. The topological polar surface area (TPSA) is 77.0 Å². The van der Waals surface area contributed by atoms with Gasteiger partial charge in [0, 0.05) is 4.88 Å². The molecule has 0 aliphatic heterocycles. The Labute approximate surface area is 102 Å². The van der Waals surface area contributed by atoms with Crippen molar-refractivity contribution in [2.24, 2.45) is 0 Å². The molecule has 2 rings (SSSR count). The van der Waals surface area contributed by atoms with Crippen LogP contribution in [0.4, 0.5) is 10.8 Å². The molecule has 0 aliphatic carbocycles. The molecule has 0 spiro atoms. The SMILES string of the molecule is COC(=O)c1nc(Nc2cncnc2)sc1C. The maximum Gasteiger partial charge on any atom is 0.357 e. The third-order valence-corrected chi connectivity index (χ3v) is 2.87. The maximum absolute atomic E-state index is 11.4. The highest BCUT2D eigenvalue weighted by atomic mass is 32.1. The summed E-state index contributed by atoms with van der Waals surface area (Å²) in [6.07, 6.45) is 4.70. The van der Waals surface area contributed by atoms with Crippen LogP contribution in [0.2, 0.25) is 0 Å². The molecule has 0 aliphatic rings. The molecular formula is C10H10N4O2S. The molecular weight excluding hydrogens is 240 g/mol. The van der Waals surface area contributed by atoms with E-state index >= 15 is 0 Å². The number of carbonyl (C=O) groups excluding carboxylic acids is 1. The minimum absolute atomic E-state index is 0.330. The molecule has 0 radical (unpaired) electrons. The van der Waals surface area contributed by atoms with Crippen molar-refractivity contribution >= 4 is 28.1 Å². The molecule has 2 aromatic heterocycles. The predicted octanol–water partition coefficient (Wildman–Crippen LogP) is 1.77. The van der Waals surface area contributed by atoms with E-state index in [1.54, 1.807) is 12.4 Å². The number of esters is 1. The molecule has 0 bridgehead atoms. The van der Waals surface area contributed by atoms with Gasteiger partial charge in [-0.3, -0.25) is 0 Å². The van der Waals surface area contributed by atoms with Gasteiger partial charge in [-0.1, -0.05) is 0 Å². The number of methoxy groups -OCH3 is 1. The van der Waals surface area contributed by atoms with Crippen LogP contribution in [0.5, 0.6) is 0 Å². The minimum Gasteiger partial charge on any atom is -0.464 e. The van der Waals surface area contributed by atoms with Crippen LogP contribution in [0.25, 0.3) is 0 Å². The summed E-state index contributed by atoms with van der Waals surface area (Å²) in [4.78, 5) is 24.1. The first-order valence-electron chi connectivity index (χ1n) is 4.78. The van der Waals surface area contributed by atoms with Gasteiger partial charge in [0.2, 0.25) is 0 Å². The van der Waals surface area contributed by atoms with E-state index in [1.165, 1.54) is 24.8 Å². The minimum atomic E-state index is -0.434. The number of anilines is 2. The summed E-state index contributed by atoms with van der Waals surface area (Å²) in [6, 6.07) is 0. The van der Waals surface area contributed by atoms with Crippen LogP contribution < -0.4 is 5.32 Å². The number of nitrogens with zero attached hydrogens (tertiary/aromatic N) is 3. The van der Waals surface area contributed by atoms with Gasteiger partial charge in [0.15, 0.2) is 10.8 Å². The molecule has 88 valence electrons. The summed E-state index contributed by atoms with van der Waals surface area (Å²) in [7, 11) is 1.33. The lowest BCUT2D eigenvalue weighted by molar-refractivity contribution is 0.0594. The summed E-state index contributed by atoms with van der Waals surface area (Å²) >= 11 is 1.37. The number of aryl methyl sites for hydroxylation is 1. The van der Waals surface area contributed by atoms with Crippen molar-refractivity contribution in [1.29, 1.82) is 0 Å². The van der Waals surface area contributed by atoms with Crippen molar-refractivity contribution in [3.05, 3.63) is 29.3 Å². The molecule has 2 aromatic rings. The standard InChI is InChI=1S/C10H10N4O2S/c1-6-8(9(15)16-2)14-10(17-6)13-7-3-11-5-12-4-7/h3-5H,1-2H3,(H,13,14). The van der Waals surface area contributed by atoms with Gasteiger partial charge in [0.05, 0.1) is 25.2 Å². The van der Waals surface area contributed by atoms with E-state index in [0.29, 0.717) is 10.8 Å². The van der Waals surface area contributed by atoms with Crippen LogP contribution >= 0.6 is 11.3 Å². The van der Waals surface area contributed by atoms with Gasteiger partial charge in [-0.2, -0.15) is 0 Å². The van der Waals surface area contributed by atoms with Gasteiger partial charge in [0.1, 0.15) is 6.33 Å². The van der Waals surface area contributed by atoms with E-state index in [-0.39, 0.29) is 0 Å². The third-order valence-electron chi connectivity index (χ3n) is 1.99. The Balaban J connectivity index is 2.21. The number of rotatable bonds is 3. The zero-order valence-electron chi connectivity index (χ0n) is 9.30. The Morgan fingerprint density at radius 3 is 2.76 bits per heavy atom. The van der Waals surface area contributed by atoms with E-state index in [2.05, 4.69) is 25.0 Å². The predicted molar refractivity (Wildman–Crippen MR) is 63.5 cm³/mol. The number of carbonyl (C=O) groups is 1. The fourth-order valence-electron chi connectivity index (χ4n) is 1.22. The normalized spacial score (nSPS) is 10.0. The van der Waals surface area contributed by atoms with Gasteiger partial charge in [-0.05, 0) is 6.92 Å². The summed E-state index contributed by atoms with van der Waals surface area (Å²) in [5, 5.41) is 3.63. The zero-order chi connectivity index (χ0) is 12.3. The first-order chi connectivity index (χ1) is 8.20. The highest BCUT2D eigenvalue weighted by Crippen LogP contribution is 2.25. The summed E-state index contributed by atoms with van der Waals surface area (Å²) in [6.45, 7) is 1.82. The van der Waals surface area contributed by atoms with Crippen molar-refractivity contribution in [3.63, 3.8) is 0 Å². The Kier molecular flexibility index (Phi) is 3.29. The number of hydrogen-bond acceptors (Lipinski definition) is 7. The monoisotopic (exact) mass is 250 g/mol. The van der Waals surface area contributed by atoms with E-state index < -0.39 is 5.97 Å². The fraction of sp³-hybridized carbons (Fsp3) is 0.200. The number of ether oxygens (including phenoxy) is 1. The summed E-state index contributed by atoms with van der Waals surface area (Å²) in [5.74, 6) is -0.434. The fourth-order valence-corrected chi connectivity index (χ4v) is 2.04. The summed E-state index contributed by atoms with van der Waals surface area (Å²) < 4.78 is 4.63. The highest BCUT2D eigenvalue weighted by molar-refractivity contribution is 7.15. The molecule has 0 atom stereocenters. The van der Waals surface area contributed by atoms with Gasteiger partial charge in [-0.15, -0.1) is 11.3 Å². The Hall–Kier alpha value is -2.02. The maximum atomic E-state index is 11.4. The van der Waals surface area contributed by atoms with Crippen molar-refractivity contribution in [1.82, 2.24) is 15.0 Å². The molecule has 17 heavy (non-hydrogen) atoms. The molecule has 7 heteroatoms. The van der Waals surface area contributed by atoms with E-state index in [0.717, 1.165) is 10.6 Å². The first kappa shape index (κ1) is 11.5. The third kappa shape index (κ3) is 2.56. The lowest BCUT2D eigenvalue weighted by Gasteiger charge is -1.99. The quantitative estimate of drug-likeness (QED) is 0.836. The van der Waals surface area contributed by atoms with E-state index in [9.17, 15) is 4.79 Å². The van der Waals surface area contributed by atoms with Gasteiger partial charge >= 0.3 is 5.97 Å². The number of aromatic nitrogens is 3. The van der Waals surface area contributed by atoms with Gasteiger partial charge in [0.25, 0.3) is 0 Å². The van der Waals surface area contributed by atoms with Crippen molar-refractivity contribution in [2.45, 2.75) is 6.92 Å². The molecule has 2 heterocycles. The zero-order valence-corrected chi connectivity index (χ0v) is 10.1. The van der Waals surface area contributed by atoms with Crippen LogP contribution in [0.3, 0.4) is 0 Å². The first-order valence-corrected chi connectivity index (χ1v) is 5.60. The second kappa shape index (κ2) is 4.88. The molecule has 6 nitrogen and oxygen atoms in total. The lowest BCUT2D eigenvalue weighted by Crippen LogP contribution is -2.03. The molecule has 0 saturated carbocycles. The highest BCUT2D eigenvalue weighted by Gasteiger charge is 2.15. The van der Waals surface area contributed by atoms with Crippen LogP contribution in [-0.2, 0) is 4.74 Å². The largest absolute Gasteiger partial charge is 0.464 e. The van der Waals surface area contributed by atoms with E-state index in [4.69, 9.17) is 0 Å². The average molecular weight is 250 g/mol. The van der Waals surface area contributed by atoms with Crippen molar-refractivity contribution in [2.75, 3.05) is 12.4 Å². The molecule has 1 N–H and O–H groups in total. The molecule has 0 aromatic carbocycles. The Morgan fingerprint density at radius 2 is 2.12 bits per heavy atom. The van der Waals surface area contributed by atoms with Crippen LogP contribution in [0.15, 0.2) is 18.7 Å². The Morgan fingerprint density at radius 1 is 1.41 bits per heavy atom. The number of nitrogens with one attached hydrogen (secondary N) is 1. The average Bonchev–Trinajstić information content (AvgIpc) is 2.70. The van der Waals surface area contributed by atoms with Crippen LogP contribution in [0.1, 0.15) is 15.4 Å². The summed E-state index contributed by atoms with van der Waals surface area (Å²) in [5.41, 5.74) is 1.05.